The maximum Gasteiger partial charge on any atom is 0.335 e. The second kappa shape index (κ2) is 28.7. The molecule has 9 N–H and O–H groups in total. The smallest absolute Gasteiger partial charge is 0.335 e. The first-order valence-corrected chi connectivity index (χ1v) is 19.1. The van der Waals surface area contributed by atoms with Crippen molar-refractivity contribution in [3.8, 4) is 5.75 Å². The predicted molar refractivity (Wildman–Crippen MR) is 201 cm³/mol. The van der Waals surface area contributed by atoms with Crippen molar-refractivity contribution in [2.24, 2.45) is 5.73 Å². The normalized spacial score (nSPS) is 12.5. The number of ether oxygens (including phenoxy) is 1. The van der Waals surface area contributed by atoms with Crippen LogP contribution in [0, 0.1) is 0 Å². The summed E-state index contributed by atoms with van der Waals surface area (Å²) in [5.41, 5.74) is 6.11. The molecule has 0 saturated heterocycles. The lowest BCUT2D eigenvalue weighted by Gasteiger charge is -2.17. The van der Waals surface area contributed by atoms with E-state index in [0.29, 0.717) is 51.1 Å². The number of carboxylic acids is 3. The fourth-order valence-corrected chi connectivity index (χ4v) is 5.41. The number of carbonyl (C=O) groups is 7. The van der Waals surface area contributed by atoms with E-state index in [1.165, 1.54) is 12.1 Å². The largest absolute Gasteiger partial charge is 0.494 e. The Morgan fingerprint density at radius 2 is 1.13 bits per heavy atom. The minimum atomic E-state index is -1.35. The Bertz CT molecular complexity index is 1310. The molecule has 1 aromatic carbocycles. The number of amides is 4. The molecule has 0 saturated carbocycles. The van der Waals surface area contributed by atoms with Gasteiger partial charge in [0.1, 0.15) is 17.8 Å². The van der Waals surface area contributed by atoms with Gasteiger partial charge in [-0.15, -0.1) is 0 Å². The first-order valence-electron chi connectivity index (χ1n) is 19.1. The lowest BCUT2D eigenvalue weighted by Crippen LogP contribution is -2.44. The highest BCUT2D eigenvalue weighted by molar-refractivity contribution is 5.88. The van der Waals surface area contributed by atoms with Crippen molar-refractivity contribution in [1.29, 1.82) is 0 Å². The van der Waals surface area contributed by atoms with E-state index < -0.39 is 53.8 Å². The Hall–Kier alpha value is -4.73. The van der Waals surface area contributed by atoms with Gasteiger partial charge in [0.05, 0.1) is 18.2 Å². The molecular formula is C38H61N5O11. The molecule has 3 atom stereocenters. The highest BCUT2D eigenvalue weighted by Gasteiger charge is 2.24. The Balaban J connectivity index is 2.20. The van der Waals surface area contributed by atoms with Crippen molar-refractivity contribution >= 4 is 41.5 Å². The zero-order chi connectivity index (χ0) is 40.1. The van der Waals surface area contributed by atoms with Gasteiger partial charge in [0.25, 0.3) is 0 Å². The molecule has 0 unspecified atom stereocenters. The Kier molecular flexibility index (Phi) is 25.2. The molecule has 16 heteroatoms. The topological polar surface area (TPSA) is 264 Å². The molecular weight excluding hydrogens is 702 g/mol. The summed E-state index contributed by atoms with van der Waals surface area (Å²) in [6.45, 7) is 3.52. The molecule has 0 bridgehead atoms. The van der Waals surface area contributed by atoms with Crippen LogP contribution in [0.25, 0.3) is 0 Å². The van der Waals surface area contributed by atoms with E-state index in [9.17, 15) is 43.8 Å². The lowest BCUT2D eigenvalue weighted by molar-refractivity contribution is -0.143. The van der Waals surface area contributed by atoms with Crippen molar-refractivity contribution in [2.75, 3.05) is 19.7 Å². The fourth-order valence-electron chi connectivity index (χ4n) is 5.41. The van der Waals surface area contributed by atoms with Crippen molar-refractivity contribution < 1.29 is 53.6 Å². The van der Waals surface area contributed by atoms with Gasteiger partial charge in [-0.3, -0.25) is 19.2 Å². The molecule has 304 valence electrons. The van der Waals surface area contributed by atoms with Crippen molar-refractivity contribution in [3.63, 3.8) is 0 Å². The summed E-state index contributed by atoms with van der Waals surface area (Å²) in [5.74, 6) is -4.76. The van der Waals surface area contributed by atoms with Crippen LogP contribution in [0.5, 0.6) is 5.75 Å². The van der Waals surface area contributed by atoms with Gasteiger partial charge in [-0.2, -0.15) is 0 Å². The Morgan fingerprint density at radius 1 is 0.611 bits per heavy atom. The number of hydrogen-bond donors (Lipinski definition) is 8. The number of aromatic carboxylic acids is 1. The number of carboxylic acid groups (broad SMARTS) is 3. The molecule has 54 heavy (non-hydrogen) atoms. The van der Waals surface area contributed by atoms with E-state index in [4.69, 9.17) is 15.6 Å². The SMILES string of the molecule is CCCCCNC(=O)[C@@H](N)CCCCNC(=O)CC[C@H](NC(=O)CC[C@H](NC(=O)CCCCCCCCCOc1ccc(C(=O)O)cc1)C(=O)O)C(=O)O. The minimum absolute atomic E-state index is 0.136. The molecule has 0 aliphatic carbocycles. The van der Waals surface area contributed by atoms with Crippen LogP contribution in [0.15, 0.2) is 24.3 Å². The van der Waals surface area contributed by atoms with Crippen molar-refractivity contribution in [1.82, 2.24) is 21.3 Å². The highest BCUT2D eigenvalue weighted by atomic mass is 16.5. The molecule has 1 rings (SSSR count). The van der Waals surface area contributed by atoms with Crippen molar-refractivity contribution in [2.45, 2.75) is 141 Å². The average Bonchev–Trinajstić information content (AvgIpc) is 3.13. The molecule has 1 aromatic rings. The number of nitrogens with one attached hydrogen (secondary N) is 4. The van der Waals surface area contributed by atoms with Crippen LogP contribution in [0.3, 0.4) is 0 Å². The number of hydrogen-bond acceptors (Lipinski definition) is 9. The number of rotatable bonds is 32. The molecule has 0 aliphatic rings. The second-order valence-electron chi connectivity index (χ2n) is 13.3. The van der Waals surface area contributed by atoms with Gasteiger partial charge in [0.15, 0.2) is 0 Å². The average molecular weight is 764 g/mol. The molecule has 0 aromatic heterocycles. The third-order valence-electron chi connectivity index (χ3n) is 8.69. The highest BCUT2D eigenvalue weighted by Crippen LogP contribution is 2.14. The minimum Gasteiger partial charge on any atom is -0.494 e. The maximum atomic E-state index is 12.5. The first kappa shape index (κ1) is 47.3. The van der Waals surface area contributed by atoms with Crippen LogP contribution < -0.4 is 31.7 Å². The van der Waals surface area contributed by atoms with E-state index in [1.807, 2.05) is 0 Å². The van der Waals surface area contributed by atoms with Gasteiger partial charge < -0.3 is 47.1 Å². The second-order valence-corrected chi connectivity index (χ2v) is 13.3. The predicted octanol–water partition coefficient (Wildman–Crippen LogP) is 3.50. The van der Waals surface area contributed by atoms with Crippen LogP contribution in [0.1, 0.15) is 133 Å². The lowest BCUT2D eigenvalue weighted by atomic mass is 10.1. The molecule has 0 aliphatic heterocycles. The maximum absolute atomic E-state index is 12.5. The third kappa shape index (κ3) is 23.0. The van der Waals surface area contributed by atoms with Crippen LogP contribution in [0.2, 0.25) is 0 Å². The Morgan fingerprint density at radius 3 is 1.70 bits per heavy atom. The van der Waals surface area contributed by atoms with Gasteiger partial charge in [-0.25, -0.2) is 14.4 Å². The number of aliphatic carboxylic acids is 2. The Labute approximate surface area is 317 Å². The standard InChI is InChI=1S/C38H61N5O11/c1-2-3-11-25-41-35(47)29(39)14-10-12-24-40-32(44)22-20-30(37(50)51)43-34(46)23-21-31(38(52)53)42-33(45)15-9-7-5-4-6-8-13-26-54-28-18-16-27(17-19-28)36(48)49/h16-19,29-31H,2-15,20-26,39H2,1H3,(H,40,44)(H,41,47)(H,42,45)(H,43,46)(H,48,49)(H,50,51)(H,52,53)/t29-,30-,31-/m0/s1. The van der Waals surface area contributed by atoms with Gasteiger partial charge in [-0.1, -0.05) is 51.9 Å². The summed E-state index contributed by atoms with van der Waals surface area (Å²) < 4.78 is 5.62. The summed E-state index contributed by atoms with van der Waals surface area (Å²) in [5, 5.41) is 38.2. The van der Waals surface area contributed by atoms with E-state index >= 15 is 0 Å². The van der Waals surface area contributed by atoms with Crippen LogP contribution in [-0.2, 0) is 28.8 Å². The van der Waals surface area contributed by atoms with Crippen LogP contribution >= 0.6 is 0 Å². The summed E-state index contributed by atoms with van der Waals surface area (Å²) in [6.07, 6.45) is 9.95. The first-order chi connectivity index (χ1) is 25.8. The zero-order valence-corrected chi connectivity index (χ0v) is 31.6. The van der Waals surface area contributed by atoms with Crippen LogP contribution in [0.4, 0.5) is 0 Å². The molecule has 0 heterocycles. The van der Waals surface area contributed by atoms with E-state index in [0.717, 1.165) is 57.8 Å². The number of carbonyl (C=O) groups excluding carboxylic acids is 4. The third-order valence-corrected chi connectivity index (χ3v) is 8.69. The number of benzene rings is 1. The van der Waals surface area contributed by atoms with Gasteiger partial charge in [0, 0.05) is 32.4 Å². The van der Waals surface area contributed by atoms with Crippen LogP contribution in [-0.4, -0.2) is 94.7 Å². The molecule has 0 radical (unpaired) electrons. The summed E-state index contributed by atoms with van der Waals surface area (Å²) in [6, 6.07) is 2.95. The zero-order valence-electron chi connectivity index (χ0n) is 31.6. The quantitative estimate of drug-likeness (QED) is 0.0491. The molecule has 0 spiro atoms. The molecule has 4 amide bonds. The van der Waals surface area contributed by atoms with E-state index in [2.05, 4.69) is 28.2 Å². The van der Waals surface area contributed by atoms with Gasteiger partial charge in [-0.05, 0) is 75.6 Å². The summed E-state index contributed by atoms with van der Waals surface area (Å²) >= 11 is 0. The van der Waals surface area contributed by atoms with Gasteiger partial charge in [0.2, 0.25) is 23.6 Å². The fraction of sp³-hybridized carbons (Fsp3) is 0.658. The summed E-state index contributed by atoms with van der Waals surface area (Å²) in [7, 11) is 0. The van der Waals surface area contributed by atoms with Gasteiger partial charge >= 0.3 is 17.9 Å². The monoisotopic (exact) mass is 763 g/mol. The van der Waals surface area contributed by atoms with E-state index in [1.54, 1.807) is 12.1 Å². The number of nitrogens with two attached hydrogens (primary N) is 1. The van der Waals surface area contributed by atoms with Crippen molar-refractivity contribution in [3.05, 3.63) is 29.8 Å². The summed E-state index contributed by atoms with van der Waals surface area (Å²) in [4.78, 5) is 83.3. The molecule has 0 fully saturated rings. The van der Waals surface area contributed by atoms with E-state index in [-0.39, 0.29) is 43.6 Å². The number of unbranched alkanes of at least 4 members (excludes halogenated alkanes) is 9. The molecule has 16 nitrogen and oxygen atoms in total.